The molecule has 1 aromatic carbocycles. The van der Waals surface area contributed by atoms with Crippen LogP contribution in [-0.2, 0) is 0 Å². The van der Waals surface area contributed by atoms with Crippen LogP contribution < -0.4 is 0 Å². The van der Waals surface area contributed by atoms with E-state index < -0.39 is 5.97 Å². The van der Waals surface area contributed by atoms with Gasteiger partial charge in [-0.3, -0.25) is 0 Å². The molecule has 3 rings (SSSR count). The van der Waals surface area contributed by atoms with E-state index in [9.17, 15) is 4.79 Å². The van der Waals surface area contributed by atoms with E-state index in [1.54, 1.807) is 24.3 Å². The van der Waals surface area contributed by atoms with Crippen LogP contribution in [0, 0.1) is 5.92 Å². The van der Waals surface area contributed by atoms with Gasteiger partial charge in [0.2, 0.25) is 0 Å². The lowest BCUT2D eigenvalue weighted by molar-refractivity contribution is 0.0697. The van der Waals surface area contributed by atoms with Gasteiger partial charge in [0.1, 0.15) is 0 Å². The van der Waals surface area contributed by atoms with Gasteiger partial charge in [0.25, 0.3) is 5.89 Å². The standard InChI is InChI=1S/C16H18N2O3/c1-10-2-4-11(5-3-10)14-17-15(21-18-14)12-6-8-13(9-7-12)16(19)20/h6-11H,2-5H2,1H3,(H,19,20). The summed E-state index contributed by atoms with van der Waals surface area (Å²) in [4.78, 5) is 15.3. The van der Waals surface area contributed by atoms with Crippen molar-refractivity contribution in [3.63, 3.8) is 0 Å². The normalized spacial score (nSPS) is 22.1. The molecule has 110 valence electrons. The number of carboxylic acids is 1. The summed E-state index contributed by atoms with van der Waals surface area (Å²) >= 11 is 0. The topological polar surface area (TPSA) is 76.2 Å². The first-order chi connectivity index (χ1) is 10.1. The van der Waals surface area contributed by atoms with Crippen LogP contribution in [0.1, 0.15) is 54.7 Å². The highest BCUT2D eigenvalue weighted by atomic mass is 16.5. The fraction of sp³-hybridized carbons (Fsp3) is 0.438. The van der Waals surface area contributed by atoms with Crippen molar-refractivity contribution in [3.05, 3.63) is 35.7 Å². The summed E-state index contributed by atoms with van der Waals surface area (Å²) < 4.78 is 5.32. The third-order valence-corrected chi connectivity index (χ3v) is 4.20. The van der Waals surface area contributed by atoms with Crippen LogP contribution in [0.2, 0.25) is 0 Å². The highest BCUT2D eigenvalue weighted by molar-refractivity contribution is 5.88. The molecular formula is C16H18N2O3. The largest absolute Gasteiger partial charge is 0.478 e. The summed E-state index contributed by atoms with van der Waals surface area (Å²) in [6.45, 7) is 2.28. The molecular weight excluding hydrogens is 268 g/mol. The van der Waals surface area contributed by atoms with E-state index in [2.05, 4.69) is 17.1 Å². The maximum atomic E-state index is 10.8. The number of rotatable bonds is 3. The van der Waals surface area contributed by atoms with Crippen molar-refractivity contribution in [3.8, 4) is 11.5 Å². The number of carboxylic acid groups (broad SMARTS) is 1. The second-order valence-electron chi connectivity index (χ2n) is 5.80. The van der Waals surface area contributed by atoms with Crippen LogP contribution in [0.25, 0.3) is 11.5 Å². The molecule has 1 saturated carbocycles. The zero-order valence-electron chi connectivity index (χ0n) is 12.0. The fourth-order valence-electron chi connectivity index (χ4n) is 2.79. The molecule has 1 aliphatic carbocycles. The molecule has 21 heavy (non-hydrogen) atoms. The lowest BCUT2D eigenvalue weighted by atomic mass is 9.83. The first kappa shape index (κ1) is 13.8. The molecule has 0 unspecified atom stereocenters. The highest BCUT2D eigenvalue weighted by Gasteiger charge is 2.24. The Bertz CT molecular complexity index is 625. The monoisotopic (exact) mass is 286 g/mol. The average Bonchev–Trinajstić information content (AvgIpc) is 2.98. The molecule has 1 heterocycles. The minimum Gasteiger partial charge on any atom is -0.478 e. The van der Waals surface area contributed by atoms with E-state index in [4.69, 9.17) is 9.63 Å². The Balaban J connectivity index is 1.76. The Morgan fingerprint density at radius 3 is 2.48 bits per heavy atom. The molecule has 0 spiro atoms. The third-order valence-electron chi connectivity index (χ3n) is 4.20. The zero-order chi connectivity index (χ0) is 14.8. The highest BCUT2D eigenvalue weighted by Crippen LogP contribution is 2.34. The number of hydrogen-bond donors (Lipinski definition) is 1. The lowest BCUT2D eigenvalue weighted by Gasteiger charge is -2.23. The SMILES string of the molecule is CC1CCC(c2noc(-c3ccc(C(=O)O)cc3)n2)CC1. The molecule has 2 aromatic rings. The van der Waals surface area contributed by atoms with E-state index in [0.29, 0.717) is 11.8 Å². The second-order valence-corrected chi connectivity index (χ2v) is 5.80. The Morgan fingerprint density at radius 1 is 1.19 bits per heavy atom. The first-order valence-electron chi connectivity index (χ1n) is 7.31. The molecule has 0 amide bonds. The molecule has 0 radical (unpaired) electrons. The van der Waals surface area contributed by atoms with Gasteiger partial charge < -0.3 is 9.63 Å². The van der Waals surface area contributed by atoms with E-state index in [1.165, 1.54) is 12.8 Å². The molecule has 0 atom stereocenters. The molecule has 1 aliphatic rings. The number of aromatic nitrogens is 2. The van der Waals surface area contributed by atoms with Gasteiger partial charge >= 0.3 is 5.97 Å². The lowest BCUT2D eigenvalue weighted by Crippen LogP contribution is -2.11. The van der Waals surface area contributed by atoms with E-state index in [0.717, 1.165) is 30.1 Å². The van der Waals surface area contributed by atoms with E-state index in [1.807, 2.05) is 0 Å². The number of hydrogen-bond acceptors (Lipinski definition) is 4. The van der Waals surface area contributed by atoms with Crippen molar-refractivity contribution in [1.29, 1.82) is 0 Å². The maximum Gasteiger partial charge on any atom is 0.335 e. The minimum absolute atomic E-state index is 0.250. The summed E-state index contributed by atoms with van der Waals surface area (Å²) in [5.74, 6) is 1.47. The van der Waals surface area contributed by atoms with Crippen molar-refractivity contribution in [2.45, 2.75) is 38.5 Å². The van der Waals surface area contributed by atoms with E-state index in [-0.39, 0.29) is 5.56 Å². The van der Waals surface area contributed by atoms with Gasteiger partial charge in [-0.25, -0.2) is 4.79 Å². The fourth-order valence-corrected chi connectivity index (χ4v) is 2.79. The molecule has 0 aliphatic heterocycles. The van der Waals surface area contributed by atoms with Gasteiger partial charge in [0.05, 0.1) is 5.56 Å². The Morgan fingerprint density at radius 2 is 1.86 bits per heavy atom. The predicted octanol–water partition coefficient (Wildman–Crippen LogP) is 3.73. The quantitative estimate of drug-likeness (QED) is 0.930. The molecule has 1 aromatic heterocycles. The van der Waals surface area contributed by atoms with Gasteiger partial charge in [0, 0.05) is 11.5 Å². The molecule has 5 heteroatoms. The summed E-state index contributed by atoms with van der Waals surface area (Å²) in [6.07, 6.45) is 4.64. The average molecular weight is 286 g/mol. The van der Waals surface area contributed by atoms with Crippen molar-refractivity contribution in [2.75, 3.05) is 0 Å². The van der Waals surface area contributed by atoms with Gasteiger partial charge in [-0.1, -0.05) is 24.9 Å². The number of aromatic carboxylic acids is 1. The Kier molecular flexibility index (Phi) is 3.73. The molecule has 5 nitrogen and oxygen atoms in total. The smallest absolute Gasteiger partial charge is 0.335 e. The third kappa shape index (κ3) is 2.96. The second kappa shape index (κ2) is 5.68. The Hall–Kier alpha value is -2.17. The number of carbonyl (C=O) groups is 1. The Labute approximate surface area is 123 Å². The van der Waals surface area contributed by atoms with E-state index >= 15 is 0 Å². The summed E-state index contributed by atoms with van der Waals surface area (Å²) in [5, 5.41) is 13.0. The number of benzene rings is 1. The van der Waals surface area contributed by atoms with Crippen LogP contribution in [0.3, 0.4) is 0 Å². The minimum atomic E-state index is -0.941. The molecule has 1 N–H and O–H groups in total. The van der Waals surface area contributed by atoms with Crippen molar-refractivity contribution >= 4 is 5.97 Å². The van der Waals surface area contributed by atoms with Crippen molar-refractivity contribution in [2.24, 2.45) is 5.92 Å². The van der Waals surface area contributed by atoms with Gasteiger partial charge in [-0.05, 0) is 43.0 Å². The van der Waals surface area contributed by atoms with Crippen molar-refractivity contribution in [1.82, 2.24) is 10.1 Å². The predicted molar refractivity (Wildman–Crippen MR) is 77.1 cm³/mol. The molecule has 0 bridgehead atoms. The molecule has 0 saturated heterocycles. The summed E-state index contributed by atoms with van der Waals surface area (Å²) in [6, 6.07) is 6.49. The van der Waals surface area contributed by atoms with Crippen LogP contribution in [0.15, 0.2) is 28.8 Å². The zero-order valence-corrected chi connectivity index (χ0v) is 12.0. The van der Waals surface area contributed by atoms with Crippen LogP contribution in [0.5, 0.6) is 0 Å². The van der Waals surface area contributed by atoms with Gasteiger partial charge in [0.15, 0.2) is 5.82 Å². The summed E-state index contributed by atoms with van der Waals surface area (Å²) in [7, 11) is 0. The van der Waals surface area contributed by atoms with Crippen LogP contribution in [0.4, 0.5) is 0 Å². The van der Waals surface area contributed by atoms with Gasteiger partial charge in [-0.15, -0.1) is 0 Å². The maximum absolute atomic E-state index is 10.8. The van der Waals surface area contributed by atoms with Crippen LogP contribution >= 0.6 is 0 Å². The molecule has 1 fully saturated rings. The number of nitrogens with zero attached hydrogens (tertiary/aromatic N) is 2. The van der Waals surface area contributed by atoms with Gasteiger partial charge in [-0.2, -0.15) is 4.98 Å². The van der Waals surface area contributed by atoms with Crippen molar-refractivity contribution < 1.29 is 14.4 Å². The first-order valence-corrected chi connectivity index (χ1v) is 7.31. The van der Waals surface area contributed by atoms with Crippen LogP contribution in [-0.4, -0.2) is 21.2 Å². The summed E-state index contributed by atoms with van der Waals surface area (Å²) in [5.41, 5.74) is 1.00.